The van der Waals surface area contributed by atoms with Crippen molar-refractivity contribution in [3.8, 4) is 0 Å². The molecule has 0 heterocycles. The molecule has 0 aromatic carbocycles. The maximum atomic E-state index is 8.55. The van der Waals surface area contributed by atoms with E-state index in [2.05, 4.69) is 15.5 Å². The Morgan fingerprint density at radius 2 is 1.60 bits per heavy atom. The van der Waals surface area contributed by atoms with Gasteiger partial charge in [-0.2, -0.15) is 0 Å². The van der Waals surface area contributed by atoms with Crippen LogP contribution in [0.5, 0.6) is 0 Å². The van der Waals surface area contributed by atoms with Crippen molar-refractivity contribution in [2.45, 2.75) is 0 Å². The van der Waals surface area contributed by atoms with Gasteiger partial charge >= 0.3 is 0 Å². The summed E-state index contributed by atoms with van der Waals surface area (Å²) in [5, 5.41) is 0. The van der Waals surface area contributed by atoms with Crippen LogP contribution in [0.2, 0.25) is 0 Å². The van der Waals surface area contributed by atoms with Crippen LogP contribution in [-0.2, 0) is 0 Å². The Balaban J connectivity index is 3.02. The summed E-state index contributed by atoms with van der Waals surface area (Å²) >= 11 is 3.04. The van der Waals surface area contributed by atoms with Crippen molar-refractivity contribution in [2.24, 2.45) is 0 Å². The molecule has 0 aliphatic heterocycles. The average Bonchev–Trinajstić information content (AvgIpc) is 0.722. The van der Waals surface area contributed by atoms with Crippen LogP contribution in [0, 0.1) is 0 Å². The summed E-state index contributed by atoms with van der Waals surface area (Å²) in [5.41, 5.74) is 0. The fraction of sp³-hybridized carbons (Fsp3) is 1.00. The number of hydrogen-bond donors (Lipinski definition) is 1. The van der Waals surface area contributed by atoms with Crippen LogP contribution >= 0.6 is 21.7 Å². The Labute approximate surface area is 40.5 Å². The van der Waals surface area contributed by atoms with Gasteiger partial charge in [0.2, 0.25) is 6.19 Å². The van der Waals surface area contributed by atoms with Crippen LogP contribution in [0.1, 0.15) is 0 Å². The van der Waals surface area contributed by atoms with Crippen molar-refractivity contribution in [1.29, 1.82) is 0 Å². The Kier molecular flexibility index (Phi) is 1.81. The molecule has 3 heteroatoms. The summed E-state index contributed by atoms with van der Waals surface area (Å²) < 4.78 is 0. The van der Waals surface area contributed by atoms with Gasteiger partial charge in [0.15, 0.2) is 15.5 Å². The Morgan fingerprint density at radius 1 is 1.60 bits per heavy atom. The molecule has 0 spiro atoms. The minimum atomic E-state index is -1.58. The molecule has 0 bridgehead atoms. The van der Waals surface area contributed by atoms with Gasteiger partial charge in [-0.25, -0.2) is 4.89 Å². The maximum absolute atomic E-state index is 8.55. The van der Waals surface area contributed by atoms with E-state index in [-0.39, 0.29) is 0 Å². The first kappa shape index (κ1) is 5.87. The smallest absolute Gasteiger partial charge is 0.204 e. The Morgan fingerprint density at radius 3 is 1.60 bits per heavy atom. The summed E-state index contributed by atoms with van der Waals surface area (Å²) in [7, 11) is 0. The lowest BCUT2D eigenvalue weighted by Gasteiger charge is -1.89. The van der Waals surface area contributed by atoms with Crippen molar-refractivity contribution in [1.82, 2.24) is 0 Å². The monoisotopic (exact) mass is 157 g/mol. The second-order valence-corrected chi connectivity index (χ2v) is 8.99. The SMILES string of the molecule is C[P+](C)(O)Br. The zero-order chi connectivity index (χ0) is 4.50. The molecule has 0 atom stereocenters. The molecular formula is C2H7BrOP+. The highest BCUT2D eigenvalue weighted by Crippen LogP contribution is 2.54. The Bertz CT molecular complexity index is 25.1. The van der Waals surface area contributed by atoms with E-state index >= 15 is 0 Å². The van der Waals surface area contributed by atoms with Crippen molar-refractivity contribution < 1.29 is 4.89 Å². The van der Waals surface area contributed by atoms with Crippen LogP contribution < -0.4 is 0 Å². The van der Waals surface area contributed by atoms with E-state index in [1.165, 1.54) is 0 Å². The molecule has 0 aliphatic rings. The van der Waals surface area contributed by atoms with Gasteiger partial charge in [0.25, 0.3) is 0 Å². The zero-order valence-electron chi connectivity index (χ0n) is 3.27. The lowest BCUT2D eigenvalue weighted by molar-refractivity contribution is 0.633. The lowest BCUT2D eigenvalue weighted by atomic mass is 11.9. The molecule has 1 N–H and O–H groups in total. The van der Waals surface area contributed by atoms with Crippen LogP contribution in [0.15, 0.2) is 0 Å². The first-order valence-corrected chi connectivity index (χ1v) is 5.92. The molecule has 0 aliphatic carbocycles. The van der Waals surface area contributed by atoms with Crippen LogP contribution in [-0.4, -0.2) is 18.2 Å². The summed E-state index contributed by atoms with van der Waals surface area (Å²) in [6, 6.07) is 0. The van der Waals surface area contributed by atoms with Gasteiger partial charge in [0.1, 0.15) is 0 Å². The molecule has 32 valence electrons. The number of hydrogen-bond acceptors (Lipinski definition) is 1. The van der Waals surface area contributed by atoms with Gasteiger partial charge in [-0.15, -0.1) is 0 Å². The van der Waals surface area contributed by atoms with Gasteiger partial charge in [-0.1, -0.05) is 0 Å². The van der Waals surface area contributed by atoms with Gasteiger partial charge in [-0.05, 0) is 0 Å². The predicted molar refractivity (Wildman–Crippen MR) is 29.9 cm³/mol. The predicted octanol–water partition coefficient (Wildman–Crippen LogP) is 1.48. The van der Waals surface area contributed by atoms with E-state index in [0.29, 0.717) is 0 Å². The van der Waals surface area contributed by atoms with E-state index in [9.17, 15) is 0 Å². The highest BCUT2D eigenvalue weighted by Gasteiger charge is 2.12. The fourth-order valence-corrected chi connectivity index (χ4v) is 0. The van der Waals surface area contributed by atoms with Crippen LogP contribution in [0.25, 0.3) is 0 Å². The highest BCUT2D eigenvalue weighted by molar-refractivity contribution is 9.41. The van der Waals surface area contributed by atoms with E-state index in [1.807, 2.05) is 0 Å². The third-order valence-electron chi connectivity index (χ3n) is 0. The normalized spacial score (nSPS) is 12.0. The minimum Gasteiger partial charge on any atom is -0.241 e. The minimum absolute atomic E-state index is 1.58. The molecule has 0 rings (SSSR count). The molecule has 5 heavy (non-hydrogen) atoms. The lowest BCUT2D eigenvalue weighted by Crippen LogP contribution is -1.65. The summed E-state index contributed by atoms with van der Waals surface area (Å²) in [5.74, 6) is 0. The average molecular weight is 158 g/mol. The third-order valence-corrected chi connectivity index (χ3v) is 0. The van der Waals surface area contributed by atoms with Crippen molar-refractivity contribution >= 4 is 21.7 Å². The Hall–Kier alpha value is 0.870. The maximum Gasteiger partial charge on any atom is 0.204 e. The molecule has 0 saturated carbocycles. The second-order valence-electron chi connectivity index (χ2n) is 1.26. The quantitative estimate of drug-likeness (QED) is 0.529. The summed E-state index contributed by atoms with van der Waals surface area (Å²) in [6.07, 6.45) is -1.58. The van der Waals surface area contributed by atoms with Gasteiger partial charge in [0, 0.05) is 0 Å². The topological polar surface area (TPSA) is 20.2 Å². The van der Waals surface area contributed by atoms with E-state index in [1.54, 1.807) is 13.3 Å². The van der Waals surface area contributed by atoms with E-state index in [0.717, 1.165) is 0 Å². The van der Waals surface area contributed by atoms with Gasteiger partial charge in [-0.3, -0.25) is 0 Å². The molecule has 0 radical (unpaired) electrons. The molecular weight excluding hydrogens is 151 g/mol. The summed E-state index contributed by atoms with van der Waals surface area (Å²) in [4.78, 5) is 8.55. The van der Waals surface area contributed by atoms with Gasteiger partial charge < -0.3 is 0 Å². The van der Waals surface area contributed by atoms with E-state index in [4.69, 9.17) is 4.89 Å². The molecule has 0 unspecified atom stereocenters. The molecule has 0 aromatic heterocycles. The second kappa shape index (κ2) is 1.55. The third kappa shape index (κ3) is 53.0. The number of rotatable bonds is 0. The zero-order valence-corrected chi connectivity index (χ0v) is 5.75. The highest BCUT2D eigenvalue weighted by atomic mass is 79.9. The van der Waals surface area contributed by atoms with Crippen LogP contribution in [0.3, 0.4) is 0 Å². The van der Waals surface area contributed by atoms with Crippen molar-refractivity contribution in [3.05, 3.63) is 0 Å². The van der Waals surface area contributed by atoms with Gasteiger partial charge in [0.05, 0.1) is 13.3 Å². The molecule has 0 saturated heterocycles. The fourth-order valence-electron chi connectivity index (χ4n) is 0. The standard InChI is InChI=1S/C2H7BrOP/c1-5(2,3)4/h4H,1-2H3/q+1. The molecule has 0 aromatic rings. The number of halogens is 1. The van der Waals surface area contributed by atoms with Crippen molar-refractivity contribution in [2.75, 3.05) is 13.3 Å². The molecule has 1 nitrogen and oxygen atoms in total. The first-order chi connectivity index (χ1) is 2.00. The largest absolute Gasteiger partial charge is 0.241 e. The summed E-state index contributed by atoms with van der Waals surface area (Å²) in [6.45, 7) is 3.54. The van der Waals surface area contributed by atoms with Crippen molar-refractivity contribution in [3.63, 3.8) is 0 Å². The van der Waals surface area contributed by atoms with Crippen LogP contribution in [0.4, 0.5) is 0 Å². The molecule has 0 amide bonds. The first-order valence-electron chi connectivity index (χ1n) is 1.26. The van der Waals surface area contributed by atoms with E-state index < -0.39 is 6.19 Å². The molecule has 0 fully saturated rings.